The van der Waals surface area contributed by atoms with Crippen LogP contribution in [0.15, 0.2) is 60.8 Å². The Labute approximate surface area is 310 Å². The van der Waals surface area contributed by atoms with E-state index in [4.69, 9.17) is 23.9 Å². The maximum atomic E-state index is 14.1. The molecule has 53 heavy (non-hydrogen) atoms. The number of ether oxygens (including phenoxy) is 4. The molecule has 0 saturated heterocycles. The van der Waals surface area contributed by atoms with E-state index in [2.05, 4.69) is 21.0 Å². The summed E-state index contributed by atoms with van der Waals surface area (Å²) in [6.45, 7) is 15.2. The summed E-state index contributed by atoms with van der Waals surface area (Å²) in [7, 11) is 0. The van der Waals surface area contributed by atoms with E-state index >= 15 is 0 Å². The number of nitrogens with zero attached hydrogens (tertiary/aromatic N) is 4. The van der Waals surface area contributed by atoms with Crippen LogP contribution in [0, 0.1) is 6.92 Å². The van der Waals surface area contributed by atoms with Gasteiger partial charge in [-0.05, 0) is 111 Å². The number of aromatic nitrogens is 3. The van der Waals surface area contributed by atoms with E-state index < -0.39 is 29.5 Å². The predicted molar refractivity (Wildman–Crippen MR) is 203 cm³/mol. The molecule has 14 heteroatoms. The summed E-state index contributed by atoms with van der Waals surface area (Å²) in [4.78, 5) is 46.0. The standard InChI is InChI=1S/C39H51N7O7/c1-9-50-30-21-19-29(20-22-30)45(37(49)53-39(6,7)8)34-25(2)32(41-27-15-17-28(18-16-27)42-36(48)52-38(3,4)5)44-33-31(23-40-46(33)34)43-35(47)51-24-26-13-11-10-12-14-26/h10-14,19-23,27-28H,9,15-18,24H2,1-8H3,(H,41,44)(H,42,48)(H,43,47)/t27-,28-. The van der Waals surface area contributed by atoms with Crippen molar-refractivity contribution < 1.29 is 33.3 Å². The lowest BCUT2D eigenvalue weighted by Gasteiger charge is -2.32. The minimum atomic E-state index is -0.812. The zero-order valence-corrected chi connectivity index (χ0v) is 31.8. The summed E-state index contributed by atoms with van der Waals surface area (Å²) in [6.07, 6.45) is 2.67. The Morgan fingerprint density at radius 1 is 0.868 bits per heavy atom. The number of carbonyl (C=O) groups excluding carboxylic acids is 3. The number of benzene rings is 2. The van der Waals surface area contributed by atoms with Crippen molar-refractivity contribution in [3.05, 3.63) is 71.9 Å². The van der Waals surface area contributed by atoms with Crippen molar-refractivity contribution in [2.75, 3.05) is 22.1 Å². The molecule has 4 aromatic rings. The lowest BCUT2D eigenvalue weighted by atomic mass is 9.91. The van der Waals surface area contributed by atoms with Crippen LogP contribution in [0.2, 0.25) is 0 Å². The second-order valence-electron chi connectivity index (χ2n) is 15.0. The van der Waals surface area contributed by atoms with Gasteiger partial charge < -0.3 is 29.6 Å². The molecule has 0 radical (unpaired) electrons. The second-order valence-corrected chi connectivity index (χ2v) is 15.0. The number of anilines is 4. The van der Waals surface area contributed by atoms with Gasteiger partial charge in [0.15, 0.2) is 11.5 Å². The fourth-order valence-electron chi connectivity index (χ4n) is 5.95. The van der Waals surface area contributed by atoms with Gasteiger partial charge in [-0.1, -0.05) is 30.3 Å². The number of alkyl carbamates (subject to hydrolysis) is 1. The maximum Gasteiger partial charge on any atom is 0.420 e. The van der Waals surface area contributed by atoms with E-state index in [-0.39, 0.29) is 30.0 Å². The number of hydrogen-bond acceptors (Lipinski definition) is 10. The summed E-state index contributed by atoms with van der Waals surface area (Å²) >= 11 is 0. The van der Waals surface area contributed by atoms with Crippen LogP contribution in [0.25, 0.3) is 5.65 Å². The Morgan fingerprint density at radius 2 is 1.51 bits per heavy atom. The van der Waals surface area contributed by atoms with Crippen LogP contribution >= 0.6 is 0 Å². The van der Waals surface area contributed by atoms with Gasteiger partial charge in [0.05, 0.1) is 18.5 Å². The highest BCUT2D eigenvalue weighted by Gasteiger charge is 2.32. The van der Waals surface area contributed by atoms with Crippen molar-refractivity contribution in [1.82, 2.24) is 19.9 Å². The summed E-state index contributed by atoms with van der Waals surface area (Å²) in [5.41, 5.74) is 1.13. The van der Waals surface area contributed by atoms with Crippen LogP contribution in [0.5, 0.6) is 5.75 Å². The van der Waals surface area contributed by atoms with Crippen LogP contribution in [0.1, 0.15) is 85.3 Å². The first-order valence-electron chi connectivity index (χ1n) is 18.0. The lowest BCUT2D eigenvalue weighted by Crippen LogP contribution is -2.42. The van der Waals surface area contributed by atoms with Crippen molar-refractivity contribution in [3.8, 4) is 5.75 Å². The number of amides is 3. The first-order valence-corrected chi connectivity index (χ1v) is 18.0. The average molecular weight is 730 g/mol. The third-order valence-corrected chi connectivity index (χ3v) is 8.28. The topological polar surface area (TPSA) is 158 Å². The molecular formula is C39H51N7O7. The SMILES string of the molecule is CCOc1ccc(N(C(=O)OC(C)(C)C)c2c(C)c(N[C@H]3CC[C@H](NC(=O)OC(C)(C)C)CC3)nc3c(NC(=O)OCc4ccccc4)cnn23)cc1. The molecule has 1 fully saturated rings. The Hall–Kier alpha value is -5.53. The van der Waals surface area contributed by atoms with Gasteiger partial charge in [0, 0.05) is 17.6 Å². The van der Waals surface area contributed by atoms with Crippen LogP contribution in [0.4, 0.5) is 37.4 Å². The molecule has 0 bridgehead atoms. The van der Waals surface area contributed by atoms with Crippen molar-refractivity contribution in [1.29, 1.82) is 0 Å². The molecule has 2 heterocycles. The fraction of sp³-hybridized carbons (Fsp3) is 0.462. The van der Waals surface area contributed by atoms with Gasteiger partial charge >= 0.3 is 18.3 Å². The third-order valence-electron chi connectivity index (χ3n) is 8.28. The molecule has 2 aromatic heterocycles. The number of fused-ring (bicyclic) bond motifs is 1. The van der Waals surface area contributed by atoms with Gasteiger partial charge in [-0.3, -0.25) is 5.32 Å². The second kappa shape index (κ2) is 16.4. The Balaban J connectivity index is 1.50. The van der Waals surface area contributed by atoms with Gasteiger partial charge in [0.1, 0.15) is 35.1 Å². The smallest absolute Gasteiger partial charge is 0.420 e. The summed E-state index contributed by atoms with van der Waals surface area (Å²) in [5.74, 6) is 1.51. The van der Waals surface area contributed by atoms with Crippen LogP contribution < -0.4 is 25.6 Å². The van der Waals surface area contributed by atoms with Crippen molar-refractivity contribution in [2.45, 2.75) is 111 Å². The van der Waals surface area contributed by atoms with Gasteiger partial charge in [-0.15, -0.1) is 0 Å². The maximum absolute atomic E-state index is 14.1. The number of rotatable bonds is 10. The highest BCUT2D eigenvalue weighted by Crippen LogP contribution is 2.37. The molecular weight excluding hydrogens is 678 g/mol. The highest BCUT2D eigenvalue weighted by atomic mass is 16.6. The quantitative estimate of drug-likeness (QED) is 0.135. The summed E-state index contributed by atoms with van der Waals surface area (Å²) in [5, 5.41) is 14.0. The monoisotopic (exact) mass is 729 g/mol. The first kappa shape index (κ1) is 38.7. The zero-order chi connectivity index (χ0) is 38.3. The molecule has 1 aliphatic rings. The number of hydrogen-bond donors (Lipinski definition) is 3. The molecule has 3 N–H and O–H groups in total. The van der Waals surface area contributed by atoms with Crippen LogP contribution in [-0.2, 0) is 20.8 Å². The van der Waals surface area contributed by atoms with Gasteiger partial charge in [0.2, 0.25) is 0 Å². The Bertz CT molecular complexity index is 1870. The Kier molecular flexibility index (Phi) is 12.0. The van der Waals surface area contributed by atoms with E-state index in [1.165, 1.54) is 15.6 Å². The van der Waals surface area contributed by atoms with E-state index in [1.807, 2.05) is 65.0 Å². The largest absolute Gasteiger partial charge is 0.494 e. The van der Waals surface area contributed by atoms with Crippen molar-refractivity contribution >= 4 is 46.9 Å². The summed E-state index contributed by atoms with van der Waals surface area (Å²) in [6, 6.07) is 16.5. The fourth-order valence-corrected chi connectivity index (χ4v) is 5.95. The molecule has 2 aromatic carbocycles. The molecule has 1 saturated carbocycles. The number of nitrogens with one attached hydrogen (secondary N) is 3. The van der Waals surface area contributed by atoms with Gasteiger partial charge in [0.25, 0.3) is 0 Å². The normalized spacial score (nSPS) is 16.0. The minimum absolute atomic E-state index is 0.00353. The minimum Gasteiger partial charge on any atom is -0.494 e. The third kappa shape index (κ3) is 10.5. The summed E-state index contributed by atoms with van der Waals surface area (Å²) < 4.78 is 24.1. The lowest BCUT2D eigenvalue weighted by molar-refractivity contribution is 0.0490. The molecule has 0 spiro atoms. The van der Waals surface area contributed by atoms with E-state index in [9.17, 15) is 14.4 Å². The molecule has 0 aliphatic heterocycles. The van der Waals surface area contributed by atoms with E-state index in [0.29, 0.717) is 35.2 Å². The number of carbonyl (C=O) groups is 3. The molecule has 0 unspecified atom stereocenters. The molecule has 14 nitrogen and oxygen atoms in total. The van der Waals surface area contributed by atoms with Crippen molar-refractivity contribution in [3.63, 3.8) is 0 Å². The molecule has 0 atom stereocenters. The highest BCUT2D eigenvalue weighted by molar-refractivity contribution is 5.98. The van der Waals surface area contributed by atoms with Crippen LogP contribution in [-0.4, -0.2) is 62.8 Å². The predicted octanol–water partition coefficient (Wildman–Crippen LogP) is 8.51. The van der Waals surface area contributed by atoms with Gasteiger partial charge in [-0.25, -0.2) is 24.3 Å². The van der Waals surface area contributed by atoms with Gasteiger partial charge in [-0.2, -0.15) is 9.61 Å². The average Bonchev–Trinajstić information content (AvgIpc) is 3.47. The molecule has 5 rings (SSSR count). The van der Waals surface area contributed by atoms with Crippen LogP contribution in [0.3, 0.4) is 0 Å². The molecule has 1 aliphatic carbocycles. The van der Waals surface area contributed by atoms with E-state index in [0.717, 1.165) is 31.2 Å². The molecule has 3 amide bonds. The van der Waals surface area contributed by atoms with Crippen molar-refractivity contribution in [2.24, 2.45) is 0 Å². The Morgan fingerprint density at radius 3 is 2.13 bits per heavy atom. The van der Waals surface area contributed by atoms with E-state index in [1.54, 1.807) is 45.0 Å². The molecule has 284 valence electrons. The first-order chi connectivity index (χ1) is 25.1. The zero-order valence-electron chi connectivity index (χ0n) is 31.8.